The van der Waals surface area contributed by atoms with Crippen LogP contribution in [0.2, 0.25) is 19.6 Å². The average molecular weight is 285 g/mol. The van der Waals surface area contributed by atoms with Gasteiger partial charge in [0.2, 0.25) is 0 Å². The summed E-state index contributed by atoms with van der Waals surface area (Å²) in [5, 5.41) is 0. The standard InChI is InChI=1S/C16H32O2Si/c1-15(2,11-8-9-14-17)12-10-13-16(3,4)18-19(5,6)7/h10,13-14H,8-9,11-12H2,1-7H3/b13-10+. The van der Waals surface area contributed by atoms with Crippen LogP contribution in [0.5, 0.6) is 0 Å². The van der Waals surface area contributed by atoms with Crippen molar-refractivity contribution in [2.75, 3.05) is 0 Å². The van der Waals surface area contributed by atoms with Gasteiger partial charge in [0.1, 0.15) is 6.29 Å². The lowest BCUT2D eigenvalue weighted by molar-refractivity contribution is -0.108. The maximum Gasteiger partial charge on any atom is 0.184 e. The first kappa shape index (κ1) is 18.6. The third-order valence-electron chi connectivity index (χ3n) is 2.93. The van der Waals surface area contributed by atoms with Crippen molar-refractivity contribution in [2.24, 2.45) is 5.41 Å². The summed E-state index contributed by atoms with van der Waals surface area (Å²) in [5.74, 6) is 0. The Hall–Kier alpha value is -0.413. The van der Waals surface area contributed by atoms with Gasteiger partial charge in [0.05, 0.1) is 5.60 Å². The van der Waals surface area contributed by atoms with E-state index in [1.807, 2.05) is 0 Å². The minimum Gasteiger partial charge on any atom is -0.409 e. The molecule has 0 fully saturated rings. The summed E-state index contributed by atoms with van der Waals surface area (Å²) in [6, 6.07) is 0. The molecular formula is C16H32O2Si. The fourth-order valence-corrected chi connectivity index (χ4v) is 3.90. The molecule has 19 heavy (non-hydrogen) atoms. The molecule has 0 unspecified atom stereocenters. The Morgan fingerprint density at radius 3 is 2.16 bits per heavy atom. The van der Waals surface area contributed by atoms with Crippen molar-refractivity contribution in [1.82, 2.24) is 0 Å². The predicted molar refractivity (Wildman–Crippen MR) is 86.0 cm³/mol. The van der Waals surface area contributed by atoms with Gasteiger partial charge >= 0.3 is 0 Å². The zero-order valence-corrected chi connectivity index (χ0v) is 14.9. The summed E-state index contributed by atoms with van der Waals surface area (Å²) < 4.78 is 6.14. The molecule has 0 aromatic heterocycles. The first-order valence-corrected chi connectivity index (χ1v) is 10.7. The van der Waals surface area contributed by atoms with Gasteiger partial charge in [0.15, 0.2) is 8.32 Å². The number of unbranched alkanes of at least 4 members (excludes halogenated alkanes) is 1. The van der Waals surface area contributed by atoms with Gasteiger partial charge in [-0.15, -0.1) is 0 Å². The number of carbonyl (C=O) groups is 1. The summed E-state index contributed by atoms with van der Waals surface area (Å²) in [6.45, 7) is 15.4. The van der Waals surface area contributed by atoms with Gasteiger partial charge in [-0.25, -0.2) is 0 Å². The van der Waals surface area contributed by atoms with Crippen LogP contribution in [-0.2, 0) is 9.22 Å². The van der Waals surface area contributed by atoms with Crippen LogP contribution < -0.4 is 0 Å². The number of allylic oxidation sites excluding steroid dienone is 1. The highest BCUT2D eigenvalue weighted by Gasteiger charge is 2.25. The molecule has 0 rings (SSSR count). The molecular weight excluding hydrogens is 252 g/mol. The molecule has 3 heteroatoms. The molecule has 0 aliphatic heterocycles. The van der Waals surface area contributed by atoms with E-state index in [0.717, 1.165) is 25.5 Å². The molecule has 0 aromatic carbocycles. The van der Waals surface area contributed by atoms with Crippen molar-refractivity contribution < 1.29 is 9.22 Å². The lowest BCUT2D eigenvalue weighted by Crippen LogP contribution is -2.37. The average Bonchev–Trinajstić information content (AvgIpc) is 2.12. The number of rotatable bonds is 9. The topological polar surface area (TPSA) is 26.3 Å². The van der Waals surface area contributed by atoms with E-state index in [1.165, 1.54) is 0 Å². The van der Waals surface area contributed by atoms with Gasteiger partial charge < -0.3 is 9.22 Å². The molecule has 0 atom stereocenters. The van der Waals surface area contributed by atoms with Gasteiger partial charge in [0.25, 0.3) is 0 Å². The van der Waals surface area contributed by atoms with Crippen molar-refractivity contribution in [3.8, 4) is 0 Å². The molecule has 0 heterocycles. The highest BCUT2D eigenvalue weighted by molar-refractivity contribution is 6.69. The first-order chi connectivity index (χ1) is 8.47. The molecule has 0 bridgehead atoms. The van der Waals surface area contributed by atoms with E-state index in [2.05, 4.69) is 59.5 Å². The summed E-state index contributed by atoms with van der Waals surface area (Å²) in [6.07, 6.45) is 9.22. The van der Waals surface area contributed by atoms with Gasteiger partial charge in [0, 0.05) is 6.42 Å². The van der Waals surface area contributed by atoms with Gasteiger partial charge in [-0.3, -0.25) is 0 Å². The molecule has 0 amide bonds. The smallest absolute Gasteiger partial charge is 0.184 e. The van der Waals surface area contributed by atoms with Crippen molar-refractivity contribution in [2.45, 2.75) is 78.6 Å². The van der Waals surface area contributed by atoms with Crippen LogP contribution >= 0.6 is 0 Å². The van der Waals surface area contributed by atoms with Crippen LogP contribution in [0, 0.1) is 5.41 Å². The molecule has 0 saturated heterocycles. The number of aldehydes is 1. The third kappa shape index (κ3) is 11.1. The van der Waals surface area contributed by atoms with Crippen LogP contribution in [0.4, 0.5) is 0 Å². The Kier molecular flexibility index (Phi) is 7.23. The zero-order chi connectivity index (χ0) is 15.2. The molecule has 0 aliphatic carbocycles. The summed E-state index contributed by atoms with van der Waals surface area (Å²) >= 11 is 0. The van der Waals surface area contributed by atoms with Crippen LogP contribution in [-0.4, -0.2) is 20.2 Å². The van der Waals surface area contributed by atoms with E-state index in [9.17, 15) is 4.79 Å². The first-order valence-electron chi connectivity index (χ1n) is 7.29. The number of hydrogen-bond acceptors (Lipinski definition) is 2. The minimum absolute atomic E-state index is 0.177. The Morgan fingerprint density at radius 2 is 1.68 bits per heavy atom. The third-order valence-corrected chi connectivity index (χ3v) is 4.07. The molecule has 0 N–H and O–H groups in total. The van der Waals surface area contributed by atoms with Crippen molar-refractivity contribution in [3.05, 3.63) is 12.2 Å². The van der Waals surface area contributed by atoms with Crippen LogP contribution in [0.15, 0.2) is 12.2 Å². The second-order valence-electron chi connectivity index (χ2n) is 7.65. The summed E-state index contributed by atoms with van der Waals surface area (Å²) in [7, 11) is -1.50. The largest absolute Gasteiger partial charge is 0.409 e. The highest BCUT2D eigenvalue weighted by atomic mass is 28.4. The monoisotopic (exact) mass is 284 g/mol. The second kappa shape index (κ2) is 7.39. The van der Waals surface area contributed by atoms with E-state index < -0.39 is 8.32 Å². The van der Waals surface area contributed by atoms with Crippen LogP contribution in [0.3, 0.4) is 0 Å². The fraction of sp³-hybridized carbons (Fsp3) is 0.812. The summed E-state index contributed by atoms with van der Waals surface area (Å²) in [5.41, 5.74) is 0.0814. The molecule has 0 aromatic rings. The minimum atomic E-state index is -1.50. The molecule has 112 valence electrons. The predicted octanol–water partition coefficient (Wildman–Crippen LogP) is 4.96. The SMILES string of the molecule is CC(C)(C/C=C/C(C)(C)O[Si](C)(C)C)CCCC=O. The van der Waals surface area contributed by atoms with E-state index in [0.29, 0.717) is 6.42 Å². The van der Waals surface area contributed by atoms with Crippen LogP contribution in [0.25, 0.3) is 0 Å². The van der Waals surface area contributed by atoms with Crippen LogP contribution in [0.1, 0.15) is 53.4 Å². The van der Waals surface area contributed by atoms with E-state index in [-0.39, 0.29) is 11.0 Å². The lowest BCUT2D eigenvalue weighted by Gasteiger charge is -2.31. The molecule has 0 saturated carbocycles. The van der Waals surface area contributed by atoms with Gasteiger partial charge in [-0.05, 0) is 58.2 Å². The Morgan fingerprint density at radius 1 is 1.11 bits per heavy atom. The maximum absolute atomic E-state index is 10.3. The molecule has 2 nitrogen and oxygen atoms in total. The molecule has 0 spiro atoms. The lowest BCUT2D eigenvalue weighted by atomic mass is 9.83. The second-order valence-corrected chi connectivity index (χ2v) is 12.1. The fourth-order valence-electron chi connectivity index (χ4n) is 2.25. The normalized spacial score (nSPS) is 14.1. The Balaban J connectivity index is 4.28. The zero-order valence-electron chi connectivity index (χ0n) is 13.9. The molecule has 0 radical (unpaired) electrons. The van der Waals surface area contributed by atoms with Crippen molar-refractivity contribution in [3.63, 3.8) is 0 Å². The number of hydrogen-bond donors (Lipinski definition) is 0. The van der Waals surface area contributed by atoms with E-state index in [4.69, 9.17) is 4.43 Å². The maximum atomic E-state index is 10.3. The number of carbonyl (C=O) groups excluding carboxylic acids is 1. The van der Waals surface area contributed by atoms with Crippen molar-refractivity contribution >= 4 is 14.6 Å². The summed E-state index contributed by atoms with van der Waals surface area (Å²) in [4.78, 5) is 10.3. The van der Waals surface area contributed by atoms with Crippen molar-refractivity contribution in [1.29, 1.82) is 0 Å². The Bertz CT molecular complexity index is 298. The van der Waals surface area contributed by atoms with E-state index in [1.54, 1.807) is 0 Å². The quantitative estimate of drug-likeness (QED) is 0.259. The molecule has 0 aliphatic rings. The Labute approximate surface area is 120 Å². The highest BCUT2D eigenvalue weighted by Crippen LogP contribution is 2.28. The van der Waals surface area contributed by atoms with E-state index >= 15 is 0 Å². The van der Waals surface area contributed by atoms with Gasteiger partial charge in [-0.2, -0.15) is 0 Å². The van der Waals surface area contributed by atoms with Gasteiger partial charge in [-0.1, -0.05) is 26.0 Å².